The van der Waals surface area contributed by atoms with Gasteiger partial charge in [-0.15, -0.1) is 0 Å². The molecule has 104 valence electrons. The second-order valence-electron chi connectivity index (χ2n) is 5.34. The number of benzene rings is 1. The van der Waals surface area contributed by atoms with Crippen LogP contribution in [0.3, 0.4) is 0 Å². The van der Waals surface area contributed by atoms with Crippen LogP contribution < -0.4 is 14.8 Å². The van der Waals surface area contributed by atoms with E-state index in [-0.39, 0.29) is 0 Å². The van der Waals surface area contributed by atoms with E-state index in [1.54, 1.807) is 14.2 Å². The monoisotopic (exact) mass is 262 g/mol. The van der Waals surface area contributed by atoms with Crippen LogP contribution in [0.5, 0.6) is 11.5 Å². The van der Waals surface area contributed by atoms with Gasteiger partial charge in [0.2, 0.25) is 0 Å². The SMILES string of the molecule is COc1cc2c(cc1OC)CN(C1CCNC1)CC2. The summed E-state index contributed by atoms with van der Waals surface area (Å²) in [6, 6.07) is 4.97. The Labute approximate surface area is 114 Å². The molecule has 3 rings (SSSR count). The van der Waals surface area contributed by atoms with E-state index in [2.05, 4.69) is 22.3 Å². The molecule has 2 heterocycles. The third-order valence-electron chi connectivity index (χ3n) is 4.30. The summed E-state index contributed by atoms with van der Waals surface area (Å²) in [5, 5.41) is 3.45. The van der Waals surface area contributed by atoms with Crippen LogP contribution in [0.2, 0.25) is 0 Å². The number of nitrogens with zero attached hydrogens (tertiary/aromatic N) is 1. The third-order valence-corrected chi connectivity index (χ3v) is 4.30. The molecule has 1 N–H and O–H groups in total. The van der Waals surface area contributed by atoms with Crippen molar-refractivity contribution >= 4 is 0 Å². The van der Waals surface area contributed by atoms with Gasteiger partial charge in [0.05, 0.1) is 14.2 Å². The van der Waals surface area contributed by atoms with Gasteiger partial charge in [-0.1, -0.05) is 0 Å². The summed E-state index contributed by atoms with van der Waals surface area (Å²) in [6.45, 7) is 4.46. The van der Waals surface area contributed by atoms with Gasteiger partial charge >= 0.3 is 0 Å². The molecule has 1 fully saturated rings. The fourth-order valence-electron chi connectivity index (χ4n) is 3.17. The van der Waals surface area contributed by atoms with Gasteiger partial charge < -0.3 is 14.8 Å². The molecule has 1 unspecified atom stereocenters. The summed E-state index contributed by atoms with van der Waals surface area (Å²) in [5.41, 5.74) is 2.79. The van der Waals surface area contributed by atoms with Gasteiger partial charge in [0.25, 0.3) is 0 Å². The fraction of sp³-hybridized carbons (Fsp3) is 0.600. The molecule has 0 bridgehead atoms. The summed E-state index contributed by atoms with van der Waals surface area (Å²) in [4.78, 5) is 2.59. The lowest BCUT2D eigenvalue weighted by Crippen LogP contribution is -2.40. The number of nitrogens with one attached hydrogen (secondary N) is 1. The van der Waals surface area contributed by atoms with Crippen LogP contribution in [0.25, 0.3) is 0 Å². The lowest BCUT2D eigenvalue weighted by atomic mass is 9.97. The maximum Gasteiger partial charge on any atom is 0.161 e. The fourth-order valence-corrected chi connectivity index (χ4v) is 3.17. The average molecular weight is 262 g/mol. The predicted octanol–water partition coefficient (Wildman–Crippen LogP) is 1.42. The molecule has 1 aromatic carbocycles. The third kappa shape index (κ3) is 2.42. The van der Waals surface area contributed by atoms with E-state index in [9.17, 15) is 0 Å². The molecule has 4 nitrogen and oxygen atoms in total. The molecule has 4 heteroatoms. The first-order valence-corrected chi connectivity index (χ1v) is 7.00. The van der Waals surface area contributed by atoms with Crippen molar-refractivity contribution < 1.29 is 9.47 Å². The highest BCUT2D eigenvalue weighted by Gasteiger charge is 2.26. The molecule has 1 saturated heterocycles. The highest BCUT2D eigenvalue weighted by molar-refractivity contribution is 5.48. The van der Waals surface area contributed by atoms with Gasteiger partial charge in [0.15, 0.2) is 11.5 Å². The van der Waals surface area contributed by atoms with E-state index in [0.29, 0.717) is 6.04 Å². The van der Waals surface area contributed by atoms with Gasteiger partial charge in [0, 0.05) is 25.7 Å². The zero-order valence-electron chi connectivity index (χ0n) is 11.7. The summed E-state index contributed by atoms with van der Waals surface area (Å²) >= 11 is 0. The first kappa shape index (κ1) is 12.8. The van der Waals surface area contributed by atoms with Crippen molar-refractivity contribution in [1.82, 2.24) is 10.2 Å². The Hall–Kier alpha value is -1.26. The Morgan fingerprint density at radius 1 is 1.16 bits per heavy atom. The van der Waals surface area contributed by atoms with E-state index in [4.69, 9.17) is 9.47 Å². The normalized spacial score (nSPS) is 23.2. The molecule has 0 spiro atoms. The zero-order valence-corrected chi connectivity index (χ0v) is 11.7. The van der Waals surface area contributed by atoms with Crippen molar-refractivity contribution in [3.8, 4) is 11.5 Å². The molecule has 1 atom stereocenters. The standard InChI is InChI=1S/C15H22N2O2/c1-18-14-7-11-4-6-17(13-3-5-16-9-13)10-12(11)8-15(14)19-2/h7-8,13,16H,3-6,9-10H2,1-2H3. The Balaban J connectivity index is 1.83. The summed E-state index contributed by atoms with van der Waals surface area (Å²) in [5.74, 6) is 1.69. The molecule has 0 saturated carbocycles. The molecule has 2 aliphatic heterocycles. The molecule has 0 amide bonds. The molecular weight excluding hydrogens is 240 g/mol. The summed E-state index contributed by atoms with van der Waals surface area (Å²) in [7, 11) is 3.40. The molecule has 1 aromatic rings. The molecule has 0 aromatic heterocycles. The molecule has 2 aliphatic rings. The lowest BCUT2D eigenvalue weighted by molar-refractivity contribution is 0.189. The van der Waals surface area contributed by atoms with Crippen molar-refractivity contribution in [2.24, 2.45) is 0 Å². The van der Waals surface area contributed by atoms with Gasteiger partial charge in [-0.25, -0.2) is 0 Å². The molecule has 0 aliphatic carbocycles. The van der Waals surface area contributed by atoms with E-state index < -0.39 is 0 Å². The van der Waals surface area contributed by atoms with Crippen molar-refractivity contribution in [3.05, 3.63) is 23.3 Å². The second kappa shape index (κ2) is 5.39. The minimum absolute atomic E-state index is 0.696. The number of fused-ring (bicyclic) bond motifs is 1. The Morgan fingerprint density at radius 2 is 1.89 bits per heavy atom. The van der Waals surface area contributed by atoms with Gasteiger partial charge in [-0.2, -0.15) is 0 Å². The number of methoxy groups -OCH3 is 2. The van der Waals surface area contributed by atoms with Gasteiger partial charge in [-0.3, -0.25) is 4.90 Å². The number of rotatable bonds is 3. The first-order chi connectivity index (χ1) is 9.31. The van der Waals surface area contributed by atoms with Crippen LogP contribution >= 0.6 is 0 Å². The van der Waals surface area contributed by atoms with Crippen molar-refractivity contribution in [1.29, 1.82) is 0 Å². The van der Waals surface area contributed by atoms with Gasteiger partial charge in [0.1, 0.15) is 0 Å². The average Bonchev–Trinajstić information content (AvgIpc) is 2.99. The smallest absolute Gasteiger partial charge is 0.161 e. The summed E-state index contributed by atoms with van der Waals surface area (Å²) in [6.07, 6.45) is 2.37. The zero-order chi connectivity index (χ0) is 13.2. The van der Waals surface area contributed by atoms with Crippen LogP contribution in [0, 0.1) is 0 Å². The highest BCUT2D eigenvalue weighted by Crippen LogP contribution is 2.33. The quantitative estimate of drug-likeness (QED) is 0.893. The lowest BCUT2D eigenvalue weighted by Gasteiger charge is -2.33. The van der Waals surface area contributed by atoms with E-state index >= 15 is 0 Å². The van der Waals surface area contributed by atoms with Crippen LogP contribution in [-0.4, -0.2) is 44.8 Å². The second-order valence-corrected chi connectivity index (χ2v) is 5.34. The van der Waals surface area contributed by atoms with Crippen molar-refractivity contribution in [2.45, 2.75) is 25.4 Å². The summed E-state index contributed by atoms with van der Waals surface area (Å²) < 4.78 is 10.8. The number of hydrogen-bond acceptors (Lipinski definition) is 4. The minimum atomic E-state index is 0.696. The Morgan fingerprint density at radius 3 is 2.53 bits per heavy atom. The van der Waals surface area contributed by atoms with Crippen LogP contribution in [0.1, 0.15) is 17.5 Å². The van der Waals surface area contributed by atoms with Crippen molar-refractivity contribution in [2.75, 3.05) is 33.9 Å². The largest absolute Gasteiger partial charge is 0.493 e. The minimum Gasteiger partial charge on any atom is -0.493 e. The van der Waals surface area contributed by atoms with E-state index in [1.165, 1.54) is 17.5 Å². The Kier molecular flexibility index (Phi) is 3.62. The van der Waals surface area contributed by atoms with Crippen LogP contribution in [0.15, 0.2) is 12.1 Å². The number of hydrogen-bond donors (Lipinski definition) is 1. The molecular formula is C15H22N2O2. The van der Waals surface area contributed by atoms with Crippen LogP contribution in [-0.2, 0) is 13.0 Å². The number of ether oxygens (including phenoxy) is 2. The van der Waals surface area contributed by atoms with Crippen molar-refractivity contribution in [3.63, 3.8) is 0 Å². The maximum atomic E-state index is 5.41. The van der Waals surface area contributed by atoms with E-state index in [0.717, 1.165) is 44.1 Å². The molecule has 0 radical (unpaired) electrons. The topological polar surface area (TPSA) is 33.7 Å². The maximum absolute atomic E-state index is 5.41. The first-order valence-electron chi connectivity index (χ1n) is 7.00. The van der Waals surface area contributed by atoms with Gasteiger partial charge in [-0.05, 0) is 42.6 Å². The highest BCUT2D eigenvalue weighted by atomic mass is 16.5. The molecule has 19 heavy (non-hydrogen) atoms. The van der Waals surface area contributed by atoms with Crippen LogP contribution in [0.4, 0.5) is 0 Å². The predicted molar refractivity (Wildman–Crippen MR) is 74.9 cm³/mol. The van der Waals surface area contributed by atoms with E-state index in [1.807, 2.05) is 0 Å². The Bertz CT molecular complexity index is 456.